The standard InChI is InChI=1S/C2H3F3O3S.C2H6O.CF3O2S.CH3I.CO2.CH3O.CH4.CH3.Ag.2Al.HI.2Li.2H2O.O.6H/c1-8-9(6,7)2(3,4)5;1-3-2;2-1(3,4)7(5)6;1-2;2-1-3;1-2;;;;;;;;;;;;;;;;;/h1H3;1-2H3;;1H3;;1H3;1H4;1H3;;;;1H;;;2*1H2;;;;;;;/q;;-1;;;-1;;-1;;;+1;;2*+1;;;;;;;;;-1/i1-1;1-1,2-1;;3*1-1;;1-1;;;;;;;;;;;;;;;. The fourth-order valence-corrected chi connectivity index (χ4v) is 0.283. The number of rotatable bonds is 1. The third kappa shape index (κ3) is 121. The Morgan fingerprint density at radius 3 is 1.03 bits per heavy atom. The van der Waals surface area contributed by atoms with Crippen LogP contribution < -0.4 is 37.7 Å². The van der Waals surface area contributed by atoms with E-state index in [1.165, 1.54) is 0 Å². The molecule has 0 saturated carbocycles. The normalized spacial score (nSPS) is 7.22. The molecule has 27 heteroatoms. The number of halogens is 8. The minimum absolute atomic E-state index is 0. The Morgan fingerprint density at radius 1 is 0.919 bits per heavy atom. The number of hydrogen-bond acceptors (Lipinski definition) is 11. The predicted octanol–water partition coefficient (Wildman–Crippen LogP) is -5.92. The van der Waals surface area contributed by atoms with Crippen molar-refractivity contribution in [3.8, 4) is 0 Å². The number of alkyl halides is 7. The SMILES string of the molecule is C.I.O.O.O=[11C]=O.O=[S-](=O)C(F)(F)F.[11CH3-].[11CH3]I.[11CH3]OS(=O)(=O)C(F)(F)F.[11CH3]O[11CH3].[11CH3][O][AlH2].[AlH3].[H-].[Li+].[Li+].[O]=[Ag]. The second-order valence-electron chi connectivity index (χ2n) is 2.65. The van der Waals surface area contributed by atoms with Gasteiger partial charge in [-0.15, -0.1) is 24.0 Å². The zero-order chi connectivity index (χ0) is 25.9. The molecule has 0 fully saturated rings. The van der Waals surface area contributed by atoms with Gasteiger partial charge in [-0.3, -0.25) is 4.18 Å². The summed E-state index contributed by atoms with van der Waals surface area (Å²) in [7, 11) is -3.88. The molecule has 12 nitrogen and oxygen atoms in total. The molecule has 0 spiro atoms. The van der Waals surface area contributed by atoms with Crippen molar-refractivity contribution >= 4 is 108 Å². The molecule has 0 atom stereocenters. The Labute approximate surface area is 303 Å². The van der Waals surface area contributed by atoms with E-state index in [0.717, 1.165) is 16.6 Å². The Balaban J connectivity index is -0.0000000109. The molecule has 4 N–H and O–H groups in total. The molecule has 0 heterocycles. The third-order valence-corrected chi connectivity index (χ3v) is 2.08. The van der Waals surface area contributed by atoms with Gasteiger partial charge in [0.1, 0.15) is 0 Å². The Bertz CT molecular complexity index is 547. The van der Waals surface area contributed by atoms with Gasteiger partial charge in [0.25, 0.3) is 0 Å². The van der Waals surface area contributed by atoms with E-state index in [-0.39, 0.29) is 112 Å². The van der Waals surface area contributed by atoms with Crippen molar-refractivity contribution in [3.05, 3.63) is 7.43 Å². The van der Waals surface area contributed by atoms with Crippen LogP contribution in [-0.2, 0) is 75.8 Å². The average Bonchev–Trinajstić information content (AvgIpc) is 2.59. The zero-order valence-electron chi connectivity index (χ0n) is 20.8. The van der Waals surface area contributed by atoms with Gasteiger partial charge in [-0.1, -0.05) is 30.0 Å². The number of hydrogen-bond donors (Lipinski definition) is 0. The summed E-state index contributed by atoms with van der Waals surface area (Å²) in [5.41, 5.74) is -10.4. The van der Waals surface area contributed by atoms with Gasteiger partial charge in [0.2, 0.25) is 0 Å². The Hall–Kier alpha value is 2.92. The summed E-state index contributed by atoms with van der Waals surface area (Å²) in [4.78, 5) is 18.2. The van der Waals surface area contributed by atoms with Crippen LogP contribution in [0.4, 0.5) is 26.3 Å². The van der Waals surface area contributed by atoms with Crippen LogP contribution in [0.1, 0.15) is 8.85 Å². The molecule has 0 aliphatic carbocycles. The van der Waals surface area contributed by atoms with Gasteiger partial charge in [-0.2, -0.15) is 44.3 Å². The second kappa shape index (κ2) is 71.8. The van der Waals surface area contributed by atoms with Gasteiger partial charge in [0, 0.05) is 32.0 Å². The number of methoxy groups -OCH3 is 1. The molecule has 0 aromatic heterocycles. The maximum atomic E-state index is 11.1. The quantitative estimate of drug-likeness (QED) is 0.0356. The van der Waals surface area contributed by atoms with E-state index in [1.807, 2.05) is 4.93 Å². The summed E-state index contributed by atoms with van der Waals surface area (Å²) in [5.74, 6) is 0. The van der Waals surface area contributed by atoms with Crippen LogP contribution in [-0.4, -0.2) is 104 Å². The van der Waals surface area contributed by atoms with E-state index in [9.17, 15) is 34.8 Å². The van der Waals surface area contributed by atoms with Gasteiger partial charge >= 0.3 is 106 Å². The van der Waals surface area contributed by atoms with Crippen molar-refractivity contribution < 1.29 is 140 Å². The van der Waals surface area contributed by atoms with Crippen LogP contribution in [0.25, 0.3) is 0 Å². The van der Waals surface area contributed by atoms with E-state index >= 15 is 0 Å². The van der Waals surface area contributed by atoms with Crippen molar-refractivity contribution in [2.75, 3.05) is 33.4 Å². The molecule has 0 bridgehead atoms. The van der Waals surface area contributed by atoms with E-state index in [4.69, 9.17) is 21.3 Å². The summed E-state index contributed by atoms with van der Waals surface area (Å²) in [6.45, 7) is 0. The van der Waals surface area contributed by atoms with Crippen LogP contribution >= 0.6 is 46.6 Å². The second-order valence-corrected chi connectivity index (χ2v) is 6.10. The molecule has 0 rings (SSSR count). The molecule has 0 radical (unpaired) electrons. The molecule has 0 aromatic carbocycles. The summed E-state index contributed by atoms with van der Waals surface area (Å²) in [6, 6.07) is 0. The van der Waals surface area contributed by atoms with Gasteiger partial charge < -0.3 is 36.7 Å². The average molecular weight is 946 g/mol. The monoisotopic (exact) mass is 945 g/mol. The molecule has 233 valence electrons. The summed E-state index contributed by atoms with van der Waals surface area (Å²) in [6.07, 6.45) is 0.250. The van der Waals surface area contributed by atoms with Gasteiger partial charge in [0.05, 0.1) is 7.11 Å². The van der Waals surface area contributed by atoms with Crippen molar-refractivity contribution in [1.82, 2.24) is 0 Å². The number of carbonyl (C=O) groups excluding carboxylic acids is 2. The van der Waals surface area contributed by atoms with Gasteiger partial charge in [-0.05, 0) is 4.93 Å². The van der Waals surface area contributed by atoms with Crippen LogP contribution in [0.2, 0.25) is 0 Å². The molecular weight excluding hydrogens is 913 g/mol. The Kier molecular flexibility index (Phi) is 189. The van der Waals surface area contributed by atoms with E-state index in [2.05, 4.69) is 35.3 Å². The van der Waals surface area contributed by atoms with Gasteiger partial charge in [0.15, 0.2) is 17.4 Å². The van der Waals surface area contributed by atoms with Gasteiger partial charge in [-0.25, -0.2) is 0 Å². The van der Waals surface area contributed by atoms with Crippen LogP contribution in [0.5, 0.6) is 0 Å². The summed E-state index contributed by atoms with van der Waals surface area (Å²) >= 11 is 4.72. The minimum atomic E-state index is -5.34. The van der Waals surface area contributed by atoms with Crippen LogP contribution in [0.15, 0.2) is 0 Å². The molecule has 0 unspecified atom stereocenters. The first-order chi connectivity index (χ1) is 13.0. The molecule has 0 saturated heterocycles. The zero-order valence-corrected chi connectivity index (χ0v) is 29.4. The number of ether oxygens (including phenoxy) is 1. The first kappa shape index (κ1) is 97.4. The van der Waals surface area contributed by atoms with E-state index in [0.29, 0.717) is 7.11 Å². The molecule has 0 amide bonds. The summed E-state index contributed by atoms with van der Waals surface area (Å²) in [5, 5.41) is 0. The van der Waals surface area contributed by atoms with Crippen molar-refractivity contribution in [3.63, 3.8) is 0 Å². The first-order valence-corrected chi connectivity index (χ1v) is 11.4. The van der Waals surface area contributed by atoms with Crippen molar-refractivity contribution in [1.29, 1.82) is 0 Å². The van der Waals surface area contributed by atoms with Crippen LogP contribution in [0.3, 0.4) is 0 Å². The summed E-state index contributed by atoms with van der Waals surface area (Å²) < 4.78 is 122. The third-order valence-electron chi connectivity index (χ3n) is 0.692. The fraction of sp³-hybridized carbons (Fsp3) is 0.800. The molecule has 0 aromatic rings. The predicted molar refractivity (Wildman–Crippen MR) is 138 cm³/mol. The molecular formula is C10H33AgAl2F6I2Li2O12S2-. The molecule has 37 heavy (non-hydrogen) atoms. The Morgan fingerprint density at radius 2 is 1.03 bits per heavy atom. The fourth-order valence-electron chi connectivity index (χ4n) is 0.0945. The maximum absolute atomic E-state index is 11.1. The topological polar surface area (TPSA) is 210 Å². The first-order valence-electron chi connectivity index (χ1n) is 5.33. The van der Waals surface area contributed by atoms with Crippen molar-refractivity contribution in [2.45, 2.75) is 18.4 Å². The van der Waals surface area contributed by atoms with E-state index in [1.54, 1.807) is 42.4 Å². The van der Waals surface area contributed by atoms with E-state index < -0.39 is 31.8 Å². The molecule has 0 aliphatic heterocycles. The van der Waals surface area contributed by atoms with Crippen LogP contribution in [0, 0.1) is 7.43 Å². The van der Waals surface area contributed by atoms with Crippen molar-refractivity contribution in [2.24, 2.45) is 0 Å². The molecule has 0 aliphatic rings.